The molecule has 0 N–H and O–H groups in total. The Morgan fingerprint density at radius 3 is 1.89 bits per heavy atom. The second kappa shape index (κ2) is 7.97. The standard InChI is InChI=1S/C23H25NO4/c1-14(2)17-11-9-16(10-12-17)13-28-23(27)20(15(3)4)24-21(25)18-7-5-6-8-19(18)22(24)26/h5-12,14-15,20H,13H2,1-4H3/t20-/m0/s1. The van der Waals surface area contributed by atoms with E-state index in [0.717, 1.165) is 10.5 Å². The van der Waals surface area contributed by atoms with Crippen molar-refractivity contribution in [3.63, 3.8) is 0 Å². The van der Waals surface area contributed by atoms with Crippen LogP contribution in [0.2, 0.25) is 0 Å². The molecule has 3 rings (SSSR count). The van der Waals surface area contributed by atoms with Gasteiger partial charge in [-0.05, 0) is 35.1 Å². The fourth-order valence-corrected chi connectivity index (χ4v) is 3.37. The van der Waals surface area contributed by atoms with Crippen LogP contribution in [0.4, 0.5) is 0 Å². The third-order valence-corrected chi connectivity index (χ3v) is 5.00. The van der Waals surface area contributed by atoms with Gasteiger partial charge in [0.25, 0.3) is 11.8 Å². The molecule has 0 saturated carbocycles. The van der Waals surface area contributed by atoms with E-state index in [2.05, 4.69) is 13.8 Å². The van der Waals surface area contributed by atoms with E-state index in [0.29, 0.717) is 17.0 Å². The monoisotopic (exact) mass is 379 g/mol. The SMILES string of the molecule is CC(C)c1ccc(COC(=O)[C@H](C(C)C)N2C(=O)c3ccccc3C2=O)cc1. The lowest BCUT2D eigenvalue weighted by atomic mass is 10.0. The average Bonchev–Trinajstić information content (AvgIpc) is 2.92. The second-order valence-corrected chi connectivity index (χ2v) is 7.72. The molecule has 1 atom stereocenters. The van der Waals surface area contributed by atoms with Crippen LogP contribution in [0.25, 0.3) is 0 Å². The summed E-state index contributed by atoms with van der Waals surface area (Å²) in [5.74, 6) is -1.30. The molecule has 0 unspecified atom stereocenters. The largest absolute Gasteiger partial charge is 0.459 e. The number of benzene rings is 2. The molecular weight excluding hydrogens is 354 g/mol. The first kappa shape index (κ1) is 19.8. The molecular formula is C23H25NO4. The highest BCUT2D eigenvalue weighted by molar-refractivity contribution is 6.22. The highest BCUT2D eigenvalue weighted by Crippen LogP contribution is 2.28. The minimum atomic E-state index is -0.956. The number of hydrogen-bond acceptors (Lipinski definition) is 4. The number of imide groups is 1. The lowest BCUT2D eigenvalue weighted by molar-refractivity contribution is -0.151. The van der Waals surface area contributed by atoms with Crippen LogP contribution in [0, 0.1) is 5.92 Å². The van der Waals surface area contributed by atoms with Gasteiger partial charge >= 0.3 is 5.97 Å². The molecule has 5 heteroatoms. The molecule has 2 aromatic rings. The highest BCUT2D eigenvalue weighted by Gasteiger charge is 2.44. The van der Waals surface area contributed by atoms with E-state index in [1.165, 1.54) is 5.56 Å². The molecule has 2 aromatic carbocycles. The van der Waals surface area contributed by atoms with Crippen LogP contribution in [0.5, 0.6) is 0 Å². The minimum Gasteiger partial charge on any atom is -0.459 e. The third kappa shape index (κ3) is 3.70. The lowest BCUT2D eigenvalue weighted by Crippen LogP contribution is -2.48. The Bertz CT molecular complexity index is 864. The van der Waals surface area contributed by atoms with E-state index in [9.17, 15) is 14.4 Å². The summed E-state index contributed by atoms with van der Waals surface area (Å²) in [6.45, 7) is 7.93. The smallest absolute Gasteiger partial charge is 0.329 e. The van der Waals surface area contributed by atoms with Gasteiger partial charge < -0.3 is 4.74 Å². The number of amides is 2. The van der Waals surface area contributed by atoms with E-state index < -0.39 is 23.8 Å². The quantitative estimate of drug-likeness (QED) is 0.558. The normalized spacial score (nSPS) is 14.6. The zero-order chi connectivity index (χ0) is 20.4. The Morgan fingerprint density at radius 1 is 0.893 bits per heavy atom. The number of carbonyl (C=O) groups excluding carboxylic acids is 3. The third-order valence-electron chi connectivity index (χ3n) is 5.00. The Morgan fingerprint density at radius 2 is 1.43 bits per heavy atom. The molecule has 1 aliphatic rings. The van der Waals surface area contributed by atoms with Crippen LogP contribution in [0.1, 0.15) is 65.5 Å². The van der Waals surface area contributed by atoms with Crippen molar-refractivity contribution in [2.24, 2.45) is 5.92 Å². The van der Waals surface area contributed by atoms with E-state index in [1.807, 2.05) is 24.3 Å². The number of carbonyl (C=O) groups is 3. The number of esters is 1. The molecule has 0 aliphatic carbocycles. The maximum Gasteiger partial charge on any atom is 0.329 e. The van der Waals surface area contributed by atoms with E-state index in [4.69, 9.17) is 4.74 Å². The summed E-state index contributed by atoms with van der Waals surface area (Å²) < 4.78 is 5.47. The molecule has 0 radical (unpaired) electrons. The van der Waals surface area contributed by atoms with Crippen molar-refractivity contribution in [3.8, 4) is 0 Å². The van der Waals surface area contributed by atoms with Gasteiger partial charge in [0, 0.05) is 0 Å². The second-order valence-electron chi connectivity index (χ2n) is 7.72. The van der Waals surface area contributed by atoms with Gasteiger partial charge in [-0.25, -0.2) is 4.79 Å². The Kier molecular flexibility index (Phi) is 5.63. The minimum absolute atomic E-state index is 0.101. The average molecular weight is 379 g/mol. The van der Waals surface area contributed by atoms with Gasteiger partial charge in [0.2, 0.25) is 0 Å². The van der Waals surface area contributed by atoms with E-state index >= 15 is 0 Å². The van der Waals surface area contributed by atoms with Gasteiger partial charge in [-0.2, -0.15) is 0 Å². The fraction of sp³-hybridized carbons (Fsp3) is 0.348. The molecule has 1 heterocycles. The van der Waals surface area contributed by atoms with Crippen molar-refractivity contribution in [2.45, 2.75) is 46.3 Å². The molecule has 0 bridgehead atoms. The highest BCUT2D eigenvalue weighted by atomic mass is 16.5. The van der Waals surface area contributed by atoms with Crippen molar-refractivity contribution >= 4 is 17.8 Å². The molecule has 0 spiro atoms. The molecule has 1 aliphatic heterocycles. The summed E-state index contributed by atoms with van der Waals surface area (Å²) in [5.41, 5.74) is 2.73. The maximum absolute atomic E-state index is 12.8. The zero-order valence-electron chi connectivity index (χ0n) is 16.6. The van der Waals surface area contributed by atoms with Gasteiger partial charge in [0.05, 0.1) is 11.1 Å². The summed E-state index contributed by atoms with van der Waals surface area (Å²) >= 11 is 0. The van der Waals surface area contributed by atoms with Gasteiger partial charge in [-0.15, -0.1) is 0 Å². The van der Waals surface area contributed by atoms with Gasteiger partial charge in [0.1, 0.15) is 12.6 Å². The zero-order valence-corrected chi connectivity index (χ0v) is 16.6. The van der Waals surface area contributed by atoms with E-state index in [-0.39, 0.29) is 12.5 Å². The first-order valence-corrected chi connectivity index (χ1v) is 9.53. The van der Waals surface area contributed by atoms with Crippen molar-refractivity contribution < 1.29 is 19.1 Å². The molecule has 0 aromatic heterocycles. The first-order valence-electron chi connectivity index (χ1n) is 9.53. The van der Waals surface area contributed by atoms with Gasteiger partial charge in [0.15, 0.2) is 0 Å². The Labute approximate surface area is 165 Å². The van der Waals surface area contributed by atoms with Crippen LogP contribution >= 0.6 is 0 Å². The number of nitrogens with zero attached hydrogens (tertiary/aromatic N) is 1. The van der Waals surface area contributed by atoms with Crippen LogP contribution < -0.4 is 0 Å². The number of fused-ring (bicyclic) bond motifs is 1. The van der Waals surface area contributed by atoms with Crippen LogP contribution in [-0.2, 0) is 16.1 Å². The predicted octanol–water partition coefficient (Wildman–Crippen LogP) is 4.17. The molecule has 5 nitrogen and oxygen atoms in total. The van der Waals surface area contributed by atoms with Gasteiger partial charge in [-0.1, -0.05) is 64.1 Å². The maximum atomic E-state index is 12.8. The summed E-state index contributed by atoms with van der Waals surface area (Å²) in [7, 11) is 0. The van der Waals surface area contributed by atoms with E-state index in [1.54, 1.807) is 38.1 Å². The summed E-state index contributed by atoms with van der Waals surface area (Å²) in [6, 6.07) is 13.5. The van der Waals surface area contributed by atoms with Crippen molar-refractivity contribution in [3.05, 3.63) is 70.8 Å². The summed E-state index contributed by atoms with van der Waals surface area (Å²) in [5, 5.41) is 0. The number of ether oxygens (including phenoxy) is 1. The molecule has 2 amide bonds. The van der Waals surface area contributed by atoms with Gasteiger partial charge in [-0.3, -0.25) is 14.5 Å². The first-order chi connectivity index (χ1) is 13.3. The summed E-state index contributed by atoms with van der Waals surface area (Å²) in [4.78, 5) is 39.3. The molecule has 0 saturated heterocycles. The van der Waals surface area contributed by atoms with Crippen LogP contribution in [0.3, 0.4) is 0 Å². The predicted molar refractivity (Wildman–Crippen MR) is 106 cm³/mol. The topological polar surface area (TPSA) is 63.7 Å². The lowest BCUT2D eigenvalue weighted by Gasteiger charge is -2.27. The number of rotatable bonds is 6. The van der Waals surface area contributed by atoms with Crippen LogP contribution in [0.15, 0.2) is 48.5 Å². The van der Waals surface area contributed by atoms with Crippen molar-refractivity contribution in [1.82, 2.24) is 4.90 Å². The molecule has 28 heavy (non-hydrogen) atoms. The van der Waals surface area contributed by atoms with Crippen LogP contribution in [-0.4, -0.2) is 28.7 Å². The summed E-state index contributed by atoms with van der Waals surface area (Å²) in [6.07, 6.45) is 0. The fourth-order valence-electron chi connectivity index (χ4n) is 3.37. The van der Waals surface area contributed by atoms with Crippen molar-refractivity contribution in [1.29, 1.82) is 0 Å². The number of hydrogen-bond donors (Lipinski definition) is 0. The molecule has 146 valence electrons. The van der Waals surface area contributed by atoms with Crippen molar-refractivity contribution in [2.75, 3.05) is 0 Å². The Balaban J connectivity index is 1.75. The molecule has 0 fully saturated rings. The Hall–Kier alpha value is -2.95.